The first-order chi connectivity index (χ1) is 11.8. The summed E-state index contributed by atoms with van der Waals surface area (Å²) in [6, 6.07) is 16.9. The summed E-state index contributed by atoms with van der Waals surface area (Å²) in [6.07, 6.45) is 7.21. The lowest BCUT2D eigenvalue weighted by molar-refractivity contribution is 0.102. The highest BCUT2D eigenvalue weighted by atomic mass is 16.1. The molecule has 0 saturated heterocycles. The molecule has 0 bridgehead atoms. The predicted molar refractivity (Wildman–Crippen MR) is 93.3 cm³/mol. The van der Waals surface area contributed by atoms with E-state index in [0.29, 0.717) is 11.3 Å². The Bertz CT molecular complexity index is 992. The molecule has 0 saturated carbocycles. The number of carbonyl (C=O) groups excluding carboxylic acids is 1. The lowest BCUT2D eigenvalue weighted by atomic mass is 10.2. The second-order valence-electron chi connectivity index (χ2n) is 5.35. The minimum atomic E-state index is -0.155. The zero-order chi connectivity index (χ0) is 16.4. The number of nitrogens with zero attached hydrogens (tertiary/aromatic N) is 3. The molecule has 0 spiro atoms. The average molecular weight is 314 g/mol. The molecule has 0 aliphatic carbocycles. The molecule has 0 aliphatic rings. The first-order valence-electron chi connectivity index (χ1n) is 7.55. The minimum Gasteiger partial charge on any atom is -0.324 e. The van der Waals surface area contributed by atoms with E-state index < -0.39 is 0 Å². The van der Waals surface area contributed by atoms with Crippen LogP contribution in [-0.4, -0.2) is 20.4 Å². The highest BCUT2D eigenvalue weighted by Crippen LogP contribution is 2.17. The molecule has 2 aromatic carbocycles. The second-order valence-corrected chi connectivity index (χ2v) is 5.35. The van der Waals surface area contributed by atoms with Crippen LogP contribution in [0.3, 0.4) is 0 Å². The van der Waals surface area contributed by atoms with Crippen LogP contribution in [0.1, 0.15) is 10.4 Å². The van der Waals surface area contributed by atoms with E-state index in [1.54, 1.807) is 12.4 Å². The van der Waals surface area contributed by atoms with E-state index in [1.165, 1.54) is 0 Å². The van der Waals surface area contributed by atoms with E-state index in [9.17, 15) is 4.79 Å². The van der Waals surface area contributed by atoms with Gasteiger partial charge >= 0.3 is 0 Å². The van der Waals surface area contributed by atoms with Crippen LogP contribution in [0.5, 0.6) is 0 Å². The Hall–Kier alpha value is -3.47. The van der Waals surface area contributed by atoms with Crippen molar-refractivity contribution >= 4 is 22.6 Å². The Balaban J connectivity index is 1.54. The molecule has 0 aliphatic heterocycles. The Kier molecular flexibility index (Phi) is 3.51. The van der Waals surface area contributed by atoms with Crippen molar-refractivity contribution in [3.63, 3.8) is 0 Å². The maximum Gasteiger partial charge on any atom is 0.255 e. The van der Waals surface area contributed by atoms with Crippen LogP contribution in [0.15, 0.2) is 79.4 Å². The summed E-state index contributed by atoms with van der Waals surface area (Å²) in [5.74, 6) is -0.155. The van der Waals surface area contributed by atoms with Crippen molar-refractivity contribution in [3.8, 4) is 5.69 Å². The fourth-order valence-corrected chi connectivity index (χ4v) is 2.54. The van der Waals surface area contributed by atoms with Crippen molar-refractivity contribution in [3.05, 3.63) is 84.9 Å². The Morgan fingerprint density at radius 3 is 2.33 bits per heavy atom. The number of aromatic nitrogens is 3. The highest BCUT2D eigenvalue weighted by Gasteiger charge is 2.07. The predicted octanol–water partition coefficient (Wildman–Crippen LogP) is 3.67. The smallest absolute Gasteiger partial charge is 0.255 e. The van der Waals surface area contributed by atoms with Crippen molar-refractivity contribution in [2.24, 2.45) is 0 Å². The molecule has 4 aromatic rings. The van der Waals surface area contributed by atoms with Crippen LogP contribution < -0.4 is 5.32 Å². The summed E-state index contributed by atoms with van der Waals surface area (Å²) in [5, 5.41) is 2.89. The van der Waals surface area contributed by atoms with Crippen molar-refractivity contribution in [2.45, 2.75) is 0 Å². The SMILES string of the molecule is O=C(Nc1ccc2nccnc2c1)c1ccc(-n2cccc2)cc1. The van der Waals surface area contributed by atoms with Crippen LogP contribution in [0, 0.1) is 0 Å². The van der Waals surface area contributed by atoms with Gasteiger partial charge in [0, 0.05) is 41.7 Å². The van der Waals surface area contributed by atoms with E-state index in [-0.39, 0.29) is 5.91 Å². The molecule has 0 atom stereocenters. The van der Waals surface area contributed by atoms with Crippen molar-refractivity contribution < 1.29 is 4.79 Å². The number of nitrogens with one attached hydrogen (secondary N) is 1. The zero-order valence-electron chi connectivity index (χ0n) is 12.8. The number of fused-ring (bicyclic) bond motifs is 1. The molecule has 4 rings (SSSR count). The second kappa shape index (κ2) is 5.96. The monoisotopic (exact) mass is 314 g/mol. The summed E-state index contributed by atoms with van der Waals surface area (Å²) < 4.78 is 1.99. The topological polar surface area (TPSA) is 59.8 Å². The third kappa shape index (κ3) is 2.75. The molecule has 0 fully saturated rings. The average Bonchev–Trinajstić information content (AvgIpc) is 3.16. The fraction of sp³-hybridized carbons (Fsp3) is 0. The molecule has 5 heteroatoms. The summed E-state index contributed by atoms with van der Waals surface area (Å²) in [4.78, 5) is 20.9. The Labute approximate surface area is 138 Å². The van der Waals surface area contributed by atoms with Gasteiger partial charge < -0.3 is 9.88 Å². The molecule has 5 nitrogen and oxygen atoms in total. The third-order valence-corrected chi connectivity index (χ3v) is 3.76. The largest absolute Gasteiger partial charge is 0.324 e. The Morgan fingerprint density at radius 2 is 1.58 bits per heavy atom. The van der Waals surface area contributed by atoms with Crippen molar-refractivity contribution in [1.29, 1.82) is 0 Å². The number of carbonyl (C=O) groups is 1. The summed E-state index contributed by atoms with van der Waals surface area (Å²) in [7, 11) is 0. The maximum absolute atomic E-state index is 12.4. The first-order valence-corrected chi connectivity index (χ1v) is 7.55. The maximum atomic E-state index is 12.4. The molecule has 2 aromatic heterocycles. The number of benzene rings is 2. The number of hydrogen-bond donors (Lipinski definition) is 1. The summed E-state index contributed by atoms with van der Waals surface area (Å²) in [5.41, 5.74) is 3.86. The Morgan fingerprint density at radius 1 is 0.875 bits per heavy atom. The van der Waals surface area contributed by atoms with Crippen LogP contribution >= 0.6 is 0 Å². The van der Waals surface area contributed by atoms with Gasteiger partial charge in [-0.1, -0.05) is 0 Å². The standard InChI is InChI=1S/C19H14N4O/c24-19(14-3-6-16(7-4-14)23-11-1-2-12-23)22-15-5-8-17-18(13-15)21-10-9-20-17/h1-13H,(H,22,24). The normalized spacial score (nSPS) is 10.7. The van der Waals surface area contributed by atoms with Crippen LogP contribution in [0.2, 0.25) is 0 Å². The lowest BCUT2D eigenvalue weighted by Crippen LogP contribution is -2.11. The van der Waals surface area contributed by atoms with Gasteiger partial charge in [0.1, 0.15) is 0 Å². The molecular weight excluding hydrogens is 300 g/mol. The quantitative estimate of drug-likeness (QED) is 0.627. The van der Waals surface area contributed by atoms with Gasteiger partial charge in [0.15, 0.2) is 0 Å². The molecule has 24 heavy (non-hydrogen) atoms. The third-order valence-electron chi connectivity index (χ3n) is 3.76. The van der Waals surface area contributed by atoms with Crippen LogP contribution in [0.25, 0.3) is 16.7 Å². The molecule has 0 radical (unpaired) electrons. The van der Waals surface area contributed by atoms with E-state index >= 15 is 0 Å². The highest BCUT2D eigenvalue weighted by molar-refractivity contribution is 6.05. The number of rotatable bonds is 3. The minimum absolute atomic E-state index is 0.155. The number of amides is 1. The van der Waals surface area contributed by atoms with E-state index in [0.717, 1.165) is 16.7 Å². The van der Waals surface area contributed by atoms with Crippen molar-refractivity contribution in [1.82, 2.24) is 14.5 Å². The van der Waals surface area contributed by atoms with Gasteiger partial charge in [-0.05, 0) is 54.6 Å². The van der Waals surface area contributed by atoms with Gasteiger partial charge in [-0.3, -0.25) is 14.8 Å². The van der Waals surface area contributed by atoms with Gasteiger partial charge in [-0.2, -0.15) is 0 Å². The van der Waals surface area contributed by atoms with Gasteiger partial charge in [-0.25, -0.2) is 0 Å². The van der Waals surface area contributed by atoms with Gasteiger partial charge in [0.25, 0.3) is 5.91 Å². The van der Waals surface area contributed by atoms with E-state index in [2.05, 4.69) is 15.3 Å². The molecular formula is C19H14N4O. The van der Waals surface area contributed by atoms with Gasteiger partial charge in [0.2, 0.25) is 0 Å². The van der Waals surface area contributed by atoms with Crippen molar-refractivity contribution in [2.75, 3.05) is 5.32 Å². The number of hydrogen-bond acceptors (Lipinski definition) is 3. The van der Waals surface area contributed by atoms with E-state index in [4.69, 9.17) is 0 Å². The van der Waals surface area contributed by atoms with Crippen LogP contribution in [-0.2, 0) is 0 Å². The summed E-state index contributed by atoms with van der Waals surface area (Å²) >= 11 is 0. The molecule has 2 heterocycles. The summed E-state index contributed by atoms with van der Waals surface area (Å²) in [6.45, 7) is 0. The number of anilines is 1. The van der Waals surface area contributed by atoms with Gasteiger partial charge in [0.05, 0.1) is 11.0 Å². The zero-order valence-corrected chi connectivity index (χ0v) is 12.8. The molecule has 116 valence electrons. The van der Waals surface area contributed by atoms with E-state index in [1.807, 2.05) is 71.6 Å². The first kappa shape index (κ1) is 14.1. The molecule has 1 amide bonds. The molecule has 0 unspecified atom stereocenters. The molecule has 1 N–H and O–H groups in total. The lowest BCUT2D eigenvalue weighted by Gasteiger charge is -2.07. The van der Waals surface area contributed by atoms with Crippen LogP contribution in [0.4, 0.5) is 5.69 Å². The fourth-order valence-electron chi connectivity index (χ4n) is 2.54. The van der Waals surface area contributed by atoms with Gasteiger partial charge in [-0.15, -0.1) is 0 Å².